The zero-order chi connectivity index (χ0) is 20.5. The Kier molecular flexibility index (Phi) is 4.74. The zero-order valence-electron chi connectivity index (χ0n) is 16.7. The van der Waals surface area contributed by atoms with Gasteiger partial charge in [-0.2, -0.15) is 5.10 Å². The number of fused-ring (bicyclic) bond motifs is 1. The molecule has 5 rings (SSSR count). The van der Waals surface area contributed by atoms with E-state index in [1.54, 1.807) is 6.33 Å². The van der Waals surface area contributed by atoms with Crippen LogP contribution in [0.4, 0.5) is 16.2 Å². The molecule has 1 atom stereocenters. The molecule has 0 N–H and O–H groups in total. The zero-order valence-corrected chi connectivity index (χ0v) is 16.7. The van der Waals surface area contributed by atoms with Crippen LogP contribution in [0.3, 0.4) is 0 Å². The van der Waals surface area contributed by atoms with E-state index in [2.05, 4.69) is 36.8 Å². The molecule has 30 heavy (non-hydrogen) atoms. The van der Waals surface area contributed by atoms with Crippen molar-refractivity contribution in [3.05, 3.63) is 78.3 Å². The van der Waals surface area contributed by atoms with E-state index in [4.69, 9.17) is 0 Å². The maximum Gasteiger partial charge on any atom is 0.225 e. The summed E-state index contributed by atoms with van der Waals surface area (Å²) in [6.45, 7) is 5.41. The Morgan fingerprint density at radius 3 is 2.30 bits per heavy atom. The molecule has 1 aliphatic rings. The Morgan fingerprint density at radius 1 is 0.867 bits per heavy atom. The average Bonchev–Trinajstić information content (AvgIpc) is 3.28. The van der Waals surface area contributed by atoms with Gasteiger partial charge in [0.05, 0.1) is 0 Å². The Hall–Kier alpha value is -3.55. The maximum absolute atomic E-state index is 13.2. The van der Waals surface area contributed by atoms with Crippen molar-refractivity contribution in [2.24, 2.45) is 0 Å². The first-order valence-electron chi connectivity index (χ1n) is 10.0. The molecule has 1 aromatic carbocycles. The van der Waals surface area contributed by atoms with Gasteiger partial charge in [-0.3, -0.25) is 0 Å². The van der Waals surface area contributed by atoms with Crippen LogP contribution in [-0.2, 0) is 0 Å². The average molecular weight is 403 g/mol. The summed E-state index contributed by atoms with van der Waals surface area (Å²) in [5, 5.41) is 4.24. The second-order valence-corrected chi connectivity index (χ2v) is 7.49. The van der Waals surface area contributed by atoms with Gasteiger partial charge in [-0.15, -0.1) is 0 Å². The molecular formula is C22H22FN7. The van der Waals surface area contributed by atoms with E-state index in [-0.39, 0.29) is 11.7 Å². The molecule has 7 nitrogen and oxygen atoms in total. The van der Waals surface area contributed by atoms with E-state index in [0.717, 1.165) is 54.6 Å². The highest BCUT2D eigenvalue weighted by Gasteiger charge is 2.22. The first-order chi connectivity index (χ1) is 14.7. The maximum atomic E-state index is 13.2. The van der Waals surface area contributed by atoms with E-state index in [1.807, 2.05) is 47.4 Å². The molecule has 1 unspecified atom stereocenters. The molecule has 0 aliphatic carbocycles. The standard InChI is InChI=1S/C22H22FN7/c1-16(17-4-6-19(23)7-5-17)18-13-24-22(25-14-18)29-11-9-28(10-12-29)21-20-3-2-8-30(20)27-15-26-21/h2-8,13-16H,9-12H2,1H3. The lowest BCUT2D eigenvalue weighted by atomic mass is 9.95. The predicted octanol–water partition coefficient (Wildman–Crippen LogP) is 3.14. The highest BCUT2D eigenvalue weighted by Crippen LogP contribution is 2.25. The number of nitrogens with zero attached hydrogens (tertiary/aromatic N) is 7. The van der Waals surface area contributed by atoms with Crippen molar-refractivity contribution in [2.45, 2.75) is 12.8 Å². The summed E-state index contributed by atoms with van der Waals surface area (Å²) >= 11 is 0. The predicted molar refractivity (Wildman–Crippen MR) is 113 cm³/mol. The number of halogens is 1. The lowest BCUT2D eigenvalue weighted by molar-refractivity contribution is 0.626. The Morgan fingerprint density at radius 2 is 1.57 bits per heavy atom. The molecule has 0 bridgehead atoms. The van der Waals surface area contributed by atoms with E-state index >= 15 is 0 Å². The van der Waals surface area contributed by atoms with E-state index in [1.165, 1.54) is 12.1 Å². The van der Waals surface area contributed by atoms with Crippen LogP contribution in [0, 0.1) is 5.82 Å². The molecule has 0 spiro atoms. The van der Waals surface area contributed by atoms with E-state index < -0.39 is 0 Å². The summed E-state index contributed by atoms with van der Waals surface area (Å²) in [5.41, 5.74) is 3.07. The van der Waals surface area contributed by atoms with Gasteiger partial charge in [0.2, 0.25) is 5.95 Å². The molecule has 1 fully saturated rings. The fourth-order valence-corrected chi connectivity index (χ4v) is 3.88. The number of piperazine rings is 1. The smallest absolute Gasteiger partial charge is 0.225 e. The lowest BCUT2D eigenvalue weighted by Crippen LogP contribution is -2.47. The molecule has 3 aromatic heterocycles. The minimum atomic E-state index is -0.226. The van der Waals surface area contributed by atoms with Crippen LogP contribution in [0.2, 0.25) is 0 Å². The van der Waals surface area contributed by atoms with Crippen LogP contribution in [-0.4, -0.2) is 50.7 Å². The largest absolute Gasteiger partial charge is 0.351 e. The summed E-state index contributed by atoms with van der Waals surface area (Å²) in [7, 11) is 0. The summed E-state index contributed by atoms with van der Waals surface area (Å²) in [6.07, 6.45) is 7.27. The molecule has 8 heteroatoms. The van der Waals surface area contributed by atoms with Gasteiger partial charge in [-0.25, -0.2) is 23.9 Å². The van der Waals surface area contributed by atoms with Crippen LogP contribution in [0.5, 0.6) is 0 Å². The minimum absolute atomic E-state index is 0.110. The van der Waals surface area contributed by atoms with Gasteiger partial charge in [0.15, 0.2) is 5.82 Å². The first-order valence-corrected chi connectivity index (χ1v) is 10.0. The van der Waals surface area contributed by atoms with Crippen molar-refractivity contribution in [1.29, 1.82) is 0 Å². The van der Waals surface area contributed by atoms with Crippen molar-refractivity contribution >= 4 is 17.3 Å². The highest BCUT2D eigenvalue weighted by molar-refractivity contribution is 5.68. The van der Waals surface area contributed by atoms with E-state index in [9.17, 15) is 4.39 Å². The SMILES string of the molecule is CC(c1ccc(F)cc1)c1cnc(N2CCN(c3ncnn4cccc34)CC2)nc1. The van der Waals surface area contributed by atoms with Crippen molar-refractivity contribution < 1.29 is 4.39 Å². The van der Waals surface area contributed by atoms with Crippen molar-refractivity contribution in [1.82, 2.24) is 24.6 Å². The molecular weight excluding hydrogens is 381 g/mol. The number of rotatable bonds is 4. The second-order valence-electron chi connectivity index (χ2n) is 7.49. The van der Waals surface area contributed by atoms with Gasteiger partial charge in [0, 0.05) is 50.7 Å². The third kappa shape index (κ3) is 3.45. The third-order valence-electron chi connectivity index (χ3n) is 5.70. The number of hydrogen-bond acceptors (Lipinski definition) is 6. The topological polar surface area (TPSA) is 62.5 Å². The van der Waals surface area contributed by atoms with E-state index in [0.29, 0.717) is 0 Å². The number of benzene rings is 1. The number of hydrogen-bond donors (Lipinski definition) is 0. The van der Waals surface area contributed by atoms with Crippen LogP contribution in [0.25, 0.3) is 5.52 Å². The molecule has 152 valence electrons. The Balaban J connectivity index is 1.26. The van der Waals surface area contributed by atoms with Crippen LogP contribution in [0.1, 0.15) is 24.0 Å². The summed E-state index contributed by atoms with van der Waals surface area (Å²) in [6, 6.07) is 10.6. The molecule has 0 radical (unpaired) electrons. The van der Waals surface area contributed by atoms with Crippen LogP contribution < -0.4 is 9.80 Å². The summed E-state index contributed by atoms with van der Waals surface area (Å²) < 4.78 is 15.0. The van der Waals surface area contributed by atoms with Crippen LogP contribution in [0.15, 0.2) is 61.3 Å². The van der Waals surface area contributed by atoms with Gasteiger partial charge in [-0.05, 0) is 35.4 Å². The summed E-state index contributed by atoms with van der Waals surface area (Å²) in [4.78, 5) is 18.2. The monoisotopic (exact) mass is 403 g/mol. The van der Waals surface area contributed by atoms with Gasteiger partial charge >= 0.3 is 0 Å². The quantitative estimate of drug-likeness (QED) is 0.522. The number of aromatic nitrogens is 5. The lowest BCUT2D eigenvalue weighted by Gasteiger charge is -2.35. The molecule has 4 aromatic rings. The fraction of sp³-hybridized carbons (Fsp3) is 0.273. The minimum Gasteiger partial charge on any atom is -0.351 e. The summed E-state index contributed by atoms with van der Waals surface area (Å²) in [5.74, 6) is 1.58. The van der Waals surface area contributed by atoms with Crippen molar-refractivity contribution in [2.75, 3.05) is 36.0 Å². The Bertz CT molecular complexity index is 1130. The highest BCUT2D eigenvalue weighted by atomic mass is 19.1. The van der Waals surface area contributed by atoms with Crippen LogP contribution >= 0.6 is 0 Å². The van der Waals surface area contributed by atoms with Crippen molar-refractivity contribution in [3.8, 4) is 0 Å². The van der Waals surface area contributed by atoms with Gasteiger partial charge < -0.3 is 9.80 Å². The molecule has 1 saturated heterocycles. The van der Waals surface area contributed by atoms with Gasteiger partial charge in [0.1, 0.15) is 17.7 Å². The molecule has 1 aliphatic heterocycles. The first kappa shape index (κ1) is 18.5. The third-order valence-corrected chi connectivity index (χ3v) is 5.70. The van der Waals surface area contributed by atoms with Gasteiger partial charge in [-0.1, -0.05) is 19.1 Å². The fourth-order valence-electron chi connectivity index (χ4n) is 3.88. The molecule has 0 amide bonds. The molecule has 4 heterocycles. The number of anilines is 2. The van der Waals surface area contributed by atoms with Gasteiger partial charge in [0.25, 0.3) is 0 Å². The normalized spacial score (nSPS) is 15.5. The van der Waals surface area contributed by atoms with Crippen molar-refractivity contribution in [3.63, 3.8) is 0 Å². The Labute approximate surface area is 173 Å². The second kappa shape index (κ2) is 7.70. The molecule has 0 saturated carbocycles.